The number of aliphatic carboxylic acids is 1. The second-order valence-corrected chi connectivity index (χ2v) is 8.97. The highest BCUT2D eigenvalue weighted by Crippen LogP contribution is 2.33. The van der Waals surface area contributed by atoms with Crippen LogP contribution in [0.3, 0.4) is 0 Å². The molecule has 0 radical (unpaired) electrons. The zero-order chi connectivity index (χ0) is 24.6. The summed E-state index contributed by atoms with van der Waals surface area (Å²) >= 11 is 6.18. The minimum Gasteiger partial charge on any atom is -0.481 e. The lowest BCUT2D eigenvalue weighted by molar-refractivity contribution is -0.142. The molecular formula is C26H24ClN5O2. The number of carboxylic acids is 1. The van der Waals surface area contributed by atoms with E-state index in [9.17, 15) is 9.90 Å². The number of halogens is 1. The fourth-order valence-electron chi connectivity index (χ4n) is 3.83. The number of carbonyl (C=O) groups is 1. The van der Waals surface area contributed by atoms with Gasteiger partial charge in [0.25, 0.3) is 0 Å². The highest BCUT2D eigenvalue weighted by atomic mass is 35.5. The number of rotatable bonds is 6. The van der Waals surface area contributed by atoms with Crippen molar-refractivity contribution < 1.29 is 9.90 Å². The van der Waals surface area contributed by atoms with E-state index >= 15 is 0 Å². The van der Waals surface area contributed by atoms with E-state index < -0.39 is 11.4 Å². The first-order chi connectivity index (χ1) is 16.1. The minimum atomic E-state index is -0.967. The Morgan fingerprint density at radius 1 is 1.09 bits per heavy atom. The van der Waals surface area contributed by atoms with Gasteiger partial charge in [-0.25, -0.2) is 0 Å². The number of nitrogens with zero attached hydrogens (tertiary/aromatic N) is 3. The highest BCUT2D eigenvalue weighted by Gasteiger charge is 2.29. The van der Waals surface area contributed by atoms with Crippen LogP contribution in [0.2, 0.25) is 5.02 Å². The van der Waals surface area contributed by atoms with E-state index in [1.165, 1.54) is 4.57 Å². The molecule has 8 heteroatoms. The molecule has 34 heavy (non-hydrogen) atoms. The molecular weight excluding hydrogens is 450 g/mol. The van der Waals surface area contributed by atoms with Crippen LogP contribution in [0.1, 0.15) is 19.4 Å². The summed E-state index contributed by atoms with van der Waals surface area (Å²) in [7, 11) is 1.88. The summed E-state index contributed by atoms with van der Waals surface area (Å²) in [6.45, 7) is 3.38. The molecule has 0 spiro atoms. The monoisotopic (exact) mass is 473 g/mol. The van der Waals surface area contributed by atoms with Gasteiger partial charge in [0, 0.05) is 23.1 Å². The average Bonchev–Trinajstić information content (AvgIpc) is 2.83. The van der Waals surface area contributed by atoms with E-state index in [-0.39, 0.29) is 5.62 Å². The number of carboxylic acid groups (broad SMARTS) is 1. The van der Waals surface area contributed by atoms with Gasteiger partial charge >= 0.3 is 5.97 Å². The predicted octanol–water partition coefficient (Wildman–Crippen LogP) is 5.42. The molecule has 0 saturated carbocycles. The smallest absolute Gasteiger partial charge is 0.313 e. The predicted molar refractivity (Wildman–Crippen MR) is 135 cm³/mol. The van der Waals surface area contributed by atoms with Crippen molar-refractivity contribution in [3.8, 4) is 11.1 Å². The van der Waals surface area contributed by atoms with Gasteiger partial charge in [-0.1, -0.05) is 48.0 Å². The lowest BCUT2D eigenvalue weighted by atomic mass is 9.84. The Bertz CT molecular complexity index is 1480. The van der Waals surface area contributed by atoms with Gasteiger partial charge in [0.2, 0.25) is 5.62 Å². The largest absolute Gasteiger partial charge is 0.481 e. The Morgan fingerprint density at radius 2 is 1.79 bits per heavy atom. The minimum absolute atomic E-state index is 0.0700. The third-order valence-corrected chi connectivity index (χ3v) is 6.29. The molecule has 7 nitrogen and oxygen atoms in total. The lowest BCUT2D eigenvalue weighted by Gasteiger charge is -2.22. The fourth-order valence-corrected chi connectivity index (χ4v) is 3.99. The molecule has 4 aromatic rings. The number of anilines is 2. The number of aromatic nitrogens is 2. The molecule has 0 aliphatic heterocycles. The SMILES string of the molecule is CN(c1cccc(-c2ccc(C(C)(C)C(=O)O)cc2)c1)c1nc(=N)n(C=N)c2cc(Cl)ccc12. The molecule has 0 saturated heterocycles. The third-order valence-electron chi connectivity index (χ3n) is 6.06. The summed E-state index contributed by atoms with van der Waals surface area (Å²) in [4.78, 5) is 17.9. The number of benzene rings is 3. The number of hydrogen-bond acceptors (Lipinski definition) is 5. The Morgan fingerprint density at radius 3 is 2.44 bits per heavy atom. The van der Waals surface area contributed by atoms with Crippen molar-refractivity contribution in [1.29, 1.82) is 10.8 Å². The normalized spacial score (nSPS) is 11.4. The maximum atomic E-state index is 11.6. The van der Waals surface area contributed by atoms with Crippen molar-refractivity contribution in [2.45, 2.75) is 19.3 Å². The molecule has 4 rings (SSSR count). The van der Waals surface area contributed by atoms with Crippen molar-refractivity contribution in [1.82, 2.24) is 9.55 Å². The molecule has 0 unspecified atom stereocenters. The topological polar surface area (TPSA) is 106 Å². The summed E-state index contributed by atoms with van der Waals surface area (Å²) in [5.41, 5.74) is 3.11. The van der Waals surface area contributed by atoms with E-state index in [2.05, 4.69) is 4.98 Å². The third kappa shape index (κ3) is 4.06. The average molecular weight is 474 g/mol. The van der Waals surface area contributed by atoms with Crippen molar-refractivity contribution in [2.24, 2.45) is 0 Å². The lowest BCUT2D eigenvalue weighted by Crippen LogP contribution is -2.28. The number of nitrogens with one attached hydrogen (secondary N) is 2. The second-order valence-electron chi connectivity index (χ2n) is 8.54. The standard InChI is InChI=1S/C26H24ClN5O2/c1-26(2,24(33)34)18-9-7-16(8-10-18)17-5-4-6-20(13-17)31(3)23-21-12-11-19(27)14-22(21)32(15-28)25(29)30-23/h4-15,28-29H,1-3H3,(H,33,34). The van der Waals surface area contributed by atoms with Crippen LogP contribution in [0, 0.1) is 10.8 Å². The van der Waals surface area contributed by atoms with Crippen LogP contribution in [0.4, 0.5) is 11.5 Å². The summed E-state index contributed by atoms with van der Waals surface area (Å²) < 4.78 is 1.37. The fraction of sp³-hybridized carbons (Fsp3) is 0.154. The Kier molecular flexibility index (Phi) is 5.98. The van der Waals surface area contributed by atoms with Crippen LogP contribution >= 0.6 is 11.6 Å². The summed E-state index contributed by atoms with van der Waals surface area (Å²) in [6, 6.07) is 20.8. The second kappa shape index (κ2) is 8.76. The van der Waals surface area contributed by atoms with Crippen LogP contribution in [0.25, 0.3) is 22.0 Å². The highest BCUT2D eigenvalue weighted by molar-refractivity contribution is 6.31. The zero-order valence-corrected chi connectivity index (χ0v) is 19.8. The van der Waals surface area contributed by atoms with Gasteiger partial charge in [0.15, 0.2) is 0 Å². The molecule has 0 fully saturated rings. The molecule has 0 amide bonds. The van der Waals surface area contributed by atoms with Crippen LogP contribution in [0.15, 0.2) is 66.7 Å². The first kappa shape index (κ1) is 23.2. The van der Waals surface area contributed by atoms with Crippen LogP contribution in [-0.2, 0) is 10.2 Å². The van der Waals surface area contributed by atoms with Crippen LogP contribution in [0.5, 0.6) is 0 Å². The van der Waals surface area contributed by atoms with Crippen molar-refractivity contribution >= 4 is 46.3 Å². The summed E-state index contributed by atoms with van der Waals surface area (Å²) in [5.74, 6) is -0.295. The molecule has 0 aliphatic rings. The van der Waals surface area contributed by atoms with E-state index in [1.54, 1.807) is 26.0 Å². The number of fused-ring (bicyclic) bond motifs is 1. The summed E-state index contributed by atoms with van der Waals surface area (Å²) in [5, 5.41) is 26.7. The molecule has 1 aromatic heterocycles. The Labute approximate surface area is 201 Å². The molecule has 1 heterocycles. The molecule has 172 valence electrons. The maximum absolute atomic E-state index is 11.6. The first-order valence-electron chi connectivity index (χ1n) is 10.6. The van der Waals surface area contributed by atoms with Gasteiger partial charge < -0.3 is 10.0 Å². The Hall–Kier alpha value is -3.97. The van der Waals surface area contributed by atoms with Crippen LogP contribution < -0.4 is 10.5 Å². The molecule has 0 aliphatic carbocycles. The van der Waals surface area contributed by atoms with E-state index in [0.717, 1.165) is 34.1 Å². The van der Waals surface area contributed by atoms with Gasteiger partial charge in [0.1, 0.15) is 5.82 Å². The molecule has 0 atom stereocenters. The van der Waals surface area contributed by atoms with E-state index in [0.29, 0.717) is 16.4 Å². The van der Waals surface area contributed by atoms with Gasteiger partial charge in [-0.3, -0.25) is 20.2 Å². The van der Waals surface area contributed by atoms with Gasteiger partial charge in [-0.2, -0.15) is 4.98 Å². The maximum Gasteiger partial charge on any atom is 0.313 e. The zero-order valence-electron chi connectivity index (χ0n) is 19.0. The van der Waals surface area contributed by atoms with Crippen LogP contribution in [-0.4, -0.2) is 34.0 Å². The van der Waals surface area contributed by atoms with Crippen molar-refractivity contribution in [2.75, 3.05) is 11.9 Å². The summed E-state index contributed by atoms with van der Waals surface area (Å²) in [6.07, 6.45) is 1.05. The molecule has 0 bridgehead atoms. The van der Waals surface area contributed by atoms with Gasteiger partial charge in [-0.15, -0.1) is 0 Å². The molecule has 3 aromatic carbocycles. The van der Waals surface area contributed by atoms with E-state index in [1.807, 2.05) is 66.5 Å². The Balaban J connectivity index is 1.76. The van der Waals surface area contributed by atoms with Crippen molar-refractivity contribution in [3.63, 3.8) is 0 Å². The van der Waals surface area contributed by atoms with Gasteiger partial charge in [0.05, 0.1) is 17.3 Å². The quantitative estimate of drug-likeness (QED) is 0.256. The van der Waals surface area contributed by atoms with E-state index in [4.69, 9.17) is 22.4 Å². The first-order valence-corrected chi connectivity index (χ1v) is 11.0. The number of hydrogen-bond donors (Lipinski definition) is 3. The van der Waals surface area contributed by atoms with Gasteiger partial charge in [-0.05, 0) is 60.9 Å². The molecule has 3 N–H and O–H groups in total. The van der Waals surface area contributed by atoms with Crippen molar-refractivity contribution in [3.05, 3.63) is 82.9 Å².